The number of carbonyl (C=O) groups excluding carboxylic acids is 2. The number of ether oxygens (including phenoxy) is 1. The number of halogens is 1. The van der Waals surface area contributed by atoms with E-state index in [2.05, 4.69) is 20.6 Å². The van der Waals surface area contributed by atoms with Gasteiger partial charge in [0.1, 0.15) is 23.7 Å². The van der Waals surface area contributed by atoms with Crippen LogP contribution >= 0.6 is 0 Å². The summed E-state index contributed by atoms with van der Waals surface area (Å²) in [5.41, 5.74) is 0.875. The molecule has 1 aromatic carbocycles. The zero-order chi connectivity index (χ0) is 17.8. The number of nitrogens with one attached hydrogen (secondary N) is 2. The van der Waals surface area contributed by atoms with Crippen LogP contribution in [0.1, 0.15) is 12.8 Å². The summed E-state index contributed by atoms with van der Waals surface area (Å²) >= 11 is 0. The summed E-state index contributed by atoms with van der Waals surface area (Å²) < 4.78 is 18.8. The van der Waals surface area contributed by atoms with Crippen molar-refractivity contribution in [3.63, 3.8) is 0 Å². The fourth-order valence-electron chi connectivity index (χ4n) is 2.69. The van der Waals surface area contributed by atoms with Gasteiger partial charge in [0.15, 0.2) is 0 Å². The summed E-state index contributed by atoms with van der Waals surface area (Å²) in [5.74, 6) is -0.484. The molecule has 130 valence electrons. The Kier molecular flexibility index (Phi) is 4.87. The Hall–Kier alpha value is -3.03. The second-order valence-corrected chi connectivity index (χ2v) is 5.66. The highest BCUT2D eigenvalue weighted by atomic mass is 19.1. The standard InChI is InChI=1S/C17H17FN4O3/c1-25-14-3-2-11(18)7-12(14)13-8-15(21-9-20-13)22-17(24)10-4-5-19-16(23)6-10/h2-3,7-10H,4-6H2,1H3,(H,19,23)(H,20,21,22,24). The molecule has 3 rings (SSSR count). The van der Waals surface area contributed by atoms with Crippen molar-refractivity contribution in [1.82, 2.24) is 15.3 Å². The van der Waals surface area contributed by atoms with E-state index < -0.39 is 11.7 Å². The van der Waals surface area contributed by atoms with Crippen LogP contribution in [-0.2, 0) is 9.59 Å². The highest BCUT2D eigenvalue weighted by Crippen LogP contribution is 2.30. The van der Waals surface area contributed by atoms with E-state index in [0.717, 1.165) is 0 Å². The van der Waals surface area contributed by atoms with Crippen molar-refractivity contribution in [2.75, 3.05) is 19.0 Å². The number of benzene rings is 1. The van der Waals surface area contributed by atoms with Crippen molar-refractivity contribution in [1.29, 1.82) is 0 Å². The first-order valence-corrected chi connectivity index (χ1v) is 7.80. The minimum atomic E-state index is -0.423. The zero-order valence-electron chi connectivity index (χ0n) is 13.6. The normalized spacial score (nSPS) is 16.9. The molecule has 1 aliphatic rings. The fourth-order valence-corrected chi connectivity index (χ4v) is 2.69. The Morgan fingerprint density at radius 3 is 2.96 bits per heavy atom. The quantitative estimate of drug-likeness (QED) is 0.881. The molecule has 2 amide bonds. The van der Waals surface area contributed by atoms with Crippen molar-refractivity contribution in [2.24, 2.45) is 5.92 Å². The molecule has 0 spiro atoms. The van der Waals surface area contributed by atoms with Gasteiger partial charge in [-0.25, -0.2) is 14.4 Å². The molecule has 1 unspecified atom stereocenters. The van der Waals surface area contributed by atoms with Gasteiger partial charge in [-0.3, -0.25) is 9.59 Å². The maximum Gasteiger partial charge on any atom is 0.229 e. The van der Waals surface area contributed by atoms with Crippen LogP contribution in [0.5, 0.6) is 5.75 Å². The fraction of sp³-hybridized carbons (Fsp3) is 0.294. The van der Waals surface area contributed by atoms with Gasteiger partial charge < -0.3 is 15.4 Å². The number of hydrogen-bond donors (Lipinski definition) is 2. The SMILES string of the molecule is COc1ccc(F)cc1-c1cc(NC(=O)C2CCNC(=O)C2)ncn1. The number of piperidine rings is 1. The molecule has 1 saturated heterocycles. The van der Waals surface area contributed by atoms with Crippen LogP contribution in [0, 0.1) is 11.7 Å². The summed E-state index contributed by atoms with van der Waals surface area (Å²) in [7, 11) is 1.48. The molecule has 0 aliphatic carbocycles. The summed E-state index contributed by atoms with van der Waals surface area (Å²) in [6.07, 6.45) is 2.01. The number of aromatic nitrogens is 2. The smallest absolute Gasteiger partial charge is 0.229 e. The molecule has 0 saturated carbocycles. The lowest BCUT2D eigenvalue weighted by Gasteiger charge is -2.21. The third kappa shape index (κ3) is 3.90. The topological polar surface area (TPSA) is 93.2 Å². The summed E-state index contributed by atoms with van der Waals surface area (Å²) in [4.78, 5) is 31.8. The predicted octanol–water partition coefficient (Wildman–Crippen LogP) is 1.76. The van der Waals surface area contributed by atoms with Crippen molar-refractivity contribution in [3.8, 4) is 17.0 Å². The molecule has 0 radical (unpaired) electrons. The number of carbonyl (C=O) groups is 2. The molecule has 7 nitrogen and oxygen atoms in total. The zero-order valence-corrected chi connectivity index (χ0v) is 13.6. The maximum absolute atomic E-state index is 13.6. The number of amides is 2. The van der Waals surface area contributed by atoms with Crippen LogP contribution in [0.25, 0.3) is 11.3 Å². The van der Waals surface area contributed by atoms with Crippen LogP contribution in [0.3, 0.4) is 0 Å². The average Bonchev–Trinajstić information content (AvgIpc) is 2.62. The number of anilines is 1. The highest BCUT2D eigenvalue weighted by molar-refractivity contribution is 5.95. The van der Waals surface area contributed by atoms with Crippen molar-refractivity contribution in [3.05, 3.63) is 36.4 Å². The van der Waals surface area contributed by atoms with Crippen LogP contribution in [0.2, 0.25) is 0 Å². The Morgan fingerprint density at radius 2 is 2.20 bits per heavy atom. The van der Waals surface area contributed by atoms with Gasteiger partial charge in [0.05, 0.1) is 12.8 Å². The second-order valence-electron chi connectivity index (χ2n) is 5.66. The van der Waals surface area contributed by atoms with Gasteiger partial charge in [0.25, 0.3) is 0 Å². The Balaban J connectivity index is 1.81. The monoisotopic (exact) mass is 344 g/mol. The van der Waals surface area contributed by atoms with Crippen molar-refractivity contribution < 1.29 is 18.7 Å². The molecule has 2 heterocycles. The highest BCUT2D eigenvalue weighted by Gasteiger charge is 2.25. The number of methoxy groups -OCH3 is 1. The number of hydrogen-bond acceptors (Lipinski definition) is 5. The third-order valence-electron chi connectivity index (χ3n) is 3.97. The molecule has 0 bridgehead atoms. The molecule has 8 heteroatoms. The molecule has 1 fully saturated rings. The maximum atomic E-state index is 13.6. The average molecular weight is 344 g/mol. The first-order chi connectivity index (χ1) is 12.1. The molecule has 1 aliphatic heterocycles. The summed E-state index contributed by atoms with van der Waals surface area (Å²) in [6.45, 7) is 0.479. The van der Waals surface area contributed by atoms with Crippen molar-refractivity contribution in [2.45, 2.75) is 12.8 Å². The van der Waals surface area contributed by atoms with Gasteiger partial charge in [-0.15, -0.1) is 0 Å². The van der Waals surface area contributed by atoms with E-state index >= 15 is 0 Å². The van der Waals surface area contributed by atoms with Gasteiger partial charge in [0.2, 0.25) is 11.8 Å². The van der Waals surface area contributed by atoms with Gasteiger partial charge in [-0.2, -0.15) is 0 Å². The molecule has 2 N–H and O–H groups in total. The lowest BCUT2D eigenvalue weighted by Crippen LogP contribution is -2.38. The van der Waals surface area contributed by atoms with Crippen molar-refractivity contribution >= 4 is 17.6 Å². The van der Waals surface area contributed by atoms with Crippen LogP contribution in [0.4, 0.5) is 10.2 Å². The van der Waals surface area contributed by atoms with E-state index in [9.17, 15) is 14.0 Å². The van der Waals surface area contributed by atoms with E-state index in [-0.39, 0.29) is 24.1 Å². The van der Waals surface area contributed by atoms with E-state index in [0.29, 0.717) is 30.0 Å². The van der Waals surface area contributed by atoms with E-state index in [1.54, 1.807) is 0 Å². The molecular weight excluding hydrogens is 327 g/mol. The second kappa shape index (κ2) is 7.25. The van der Waals surface area contributed by atoms with E-state index in [1.165, 1.54) is 37.7 Å². The van der Waals surface area contributed by atoms with Gasteiger partial charge in [-0.1, -0.05) is 0 Å². The van der Waals surface area contributed by atoms with E-state index in [4.69, 9.17) is 4.74 Å². The van der Waals surface area contributed by atoms with Crippen LogP contribution in [-0.4, -0.2) is 35.4 Å². The predicted molar refractivity (Wildman–Crippen MR) is 88.3 cm³/mol. The first-order valence-electron chi connectivity index (χ1n) is 7.80. The largest absolute Gasteiger partial charge is 0.496 e. The van der Waals surface area contributed by atoms with Crippen LogP contribution in [0.15, 0.2) is 30.6 Å². The van der Waals surface area contributed by atoms with E-state index in [1.807, 2.05) is 0 Å². The summed E-state index contributed by atoms with van der Waals surface area (Å²) in [6, 6.07) is 5.64. The molecule has 25 heavy (non-hydrogen) atoms. The third-order valence-corrected chi connectivity index (χ3v) is 3.97. The molecule has 1 aromatic heterocycles. The lowest BCUT2D eigenvalue weighted by atomic mass is 9.97. The minimum Gasteiger partial charge on any atom is -0.496 e. The van der Waals surface area contributed by atoms with Gasteiger partial charge >= 0.3 is 0 Å². The number of rotatable bonds is 4. The lowest BCUT2D eigenvalue weighted by molar-refractivity contribution is -0.129. The van der Waals surface area contributed by atoms with Gasteiger partial charge in [0, 0.05) is 30.5 Å². The molecular formula is C17H17FN4O3. The molecule has 2 aromatic rings. The first kappa shape index (κ1) is 16.8. The Labute approximate surface area is 143 Å². The number of nitrogens with zero attached hydrogens (tertiary/aromatic N) is 2. The Bertz CT molecular complexity index is 812. The van der Waals surface area contributed by atoms with Gasteiger partial charge in [-0.05, 0) is 24.6 Å². The van der Waals surface area contributed by atoms with Crippen LogP contribution < -0.4 is 15.4 Å². The Morgan fingerprint density at radius 1 is 1.36 bits per heavy atom. The minimum absolute atomic E-state index is 0.140. The molecule has 1 atom stereocenters. The summed E-state index contributed by atoms with van der Waals surface area (Å²) in [5, 5.41) is 5.38.